The summed E-state index contributed by atoms with van der Waals surface area (Å²) >= 11 is 6.86. The Morgan fingerprint density at radius 1 is 1.13 bits per heavy atom. The van der Waals surface area contributed by atoms with Crippen LogP contribution in [0.4, 0.5) is 28.3 Å². The second kappa shape index (κ2) is 8.07. The number of amides is 2. The Morgan fingerprint density at radius 3 is 2.37 bits per heavy atom. The van der Waals surface area contributed by atoms with E-state index >= 15 is 0 Å². The second-order valence-electron chi connectivity index (χ2n) is 6.14. The Balaban J connectivity index is 1.82. The lowest BCUT2D eigenvalue weighted by molar-refractivity contribution is -0.138. The van der Waals surface area contributed by atoms with Crippen molar-refractivity contribution < 1.29 is 27.2 Å². The number of aryl methyl sites for hydroxylation is 2. The first-order valence-electron chi connectivity index (χ1n) is 8.25. The molecular weight excluding hydrogens is 448 g/mol. The summed E-state index contributed by atoms with van der Waals surface area (Å²) in [4.78, 5) is 24.9. The van der Waals surface area contributed by atoms with Gasteiger partial charge in [0.25, 0.3) is 11.8 Å². The molecular formula is C18H13ClF4N4O2S. The van der Waals surface area contributed by atoms with E-state index in [-0.39, 0.29) is 20.6 Å². The standard InChI is InChI=1S/C18H13ClF4N4O2S/c1-8-13(18(21,22)23)14(27(2)26-8)17(29)25-12-7-11(15(19)30-12)16(28)24-10-5-3-9(20)4-6-10/h3-7H,1-2H3,(H,24,28)(H,25,29). The van der Waals surface area contributed by atoms with E-state index in [0.29, 0.717) is 5.69 Å². The third-order valence-corrected chi connectivity index (χ3v) is 5.26. The van der Waals surface area contributed by atoms with E-state index in [1.54, 1.807) is 0 Å². The summed E-state index contributed by atoms with van der Waals surface area (Å²) in [6, 6.07) is 6.24. The maximum atomic E-state index is 13.3. The van der Waals surface area contributed by atoms with Crippen molar-refractivity contribution in [3.05, 3.63) is 63.0 Å². The fraction of sp³-hybridized carbons (Fsp3) is 0.167. The fourth-order valence-electron chi connectivity index (χ4n) is 2.75. The first-order valence-corrected chi connectivity index (χ1v) is 9.45. The molecule has 0 atom stereocenters. The smallest absolute Gasteiger partial charge is 0.322 e. The van der Waals surface area contributed by atoms with Crippen molar-refractivity contribution in [1.82, 2.24) is 9.78 Å². The van der Waals surface area contributed by atoms with Crippen molar-refractivity contribution in [2.24, 2.45) is 7.05 Å². The number of benzene rings is 1. The molecule has 2 N–H and O–H groups in total. The number of nitrogens with one attached hydrogen (secondary N) is 2. The van der Waals surface area contributed by atoms with Crippen LogP contribution in [-0.2, 0) is 13.2 Å². The SMILES string of the molecule is Cc1nn(C)c(C(=O)Nc2cc(C(=O)Nc3ccc(F)cc3)c(Cl)s2)c1C(F)(F)F. The molecule has 0 aliphatic rings. The van der Waals surface area contributed by atoms with Crippen LogP contribution in [0, 0.1) is 12.7 Å². The van der Waals surface area contributed by atoms with Crippen LogP contribution >= 0.6 is 22.9 Å². The third-order valence-electron chi connectivity index (χ3n) is 3.99. The van der Waals surface area contributed by atoms with E-state index in [9.17, 15) is 27.2 Å². The third kappa shape index (κ3) is 4.46. The molecule has 6 nitrogen and oxygen atoms in total. The van der Waals surface area contributed by atoms with Crippen LogP contribution in [0.3, 0.4) is 0 Å². The number of hydrogen-bond acceptors (Lipinski definition) is 4. The van der Waals surface area contributed by atoms with Gasteiger partial charge in [-0.2, -0.15) is 18.3 Å². The number of aromatic nitrogens is 2. The largest absolute Gasteiger partial charge is 0.420 e. The maximum absolute atomic E-state index is 13.3. The predicted molar refractivity (Wildman–Crippen MR) is 105 cm³/mol. The normalized spacial score (nSPS) is 11.4. The zero-order valence-electron chi connectivity index (χ0n) is 15.4. The van der Waals surface area contributed by atoms with Gasteiger partial charge in [0.1, 0.15) is 21.4 Å². The van der Waals surface area contributed by atoms with E-state index < -0.39 is 35.1 Å². The molecule has 3 aromatic rings. The minimum atomic E-state index is -4.77. The topological polar surface area (TPSA) is 76.0 Å². The van der Waals surface area contributed by atoms with Crippen LogP contribution in [0.15, 0.2) is 30.3 Å². The molecule has 0 bridgehead atoms. The van der Waals surface area contributed by atoms with Crippen LogP contribution < -0.4 is 10.6 Å². The second-order valence-corrected chi connectivity index (χ2v) is 7.80. The Labute approximate surface area is 176 Å². The number of alkyl halides is 3. The highest BCUT2D eigenvalue weighted by molar-refractivity contribution is 7.20. The molecule has 2 heterocycles. The zero-order chi connectivity index (χ0) is 22.2. The molecule has 0 saturated carbocycles. The Hall–Kier alpha value is -2.92. The lowest BCUT2D eigenvalue weighted by atomic mass is 10.1. The van der Waals surface area contributed by atoms with Gasteiger partial charge < -0.3 is 10.6 Å². The summed E-state index contributed by atoms with van der Waals surface area (Å²) in [6.07, 6.45) is -4.77. The summed E-state index contributed by atoms with van der Waals surface area (Å²) in [6.45, 7) is 1.15. The molecule has 2 aromatic heterocycles. The molecule has 0 saturated heterocycles. The first-order chi connectivity index (χ1) is 14.0. The number of nitrogens with zero attached hydrogens (tertiary/aromatic N) is 2. The van der Waals surface area contributed by atoms with Gasteiger partial charge in [-0.3, -0.25) is 14.3 Å². The van der Waals surface area contributed by atoms with Gasteiger partial charge in [-0.25, -0.2) is 4.39 Å². The molecule has 0 fully saturated rings. The van der Waals surface area contributed by atoms with Crippen molar-refractivity contribution in [2.45, 2.75) is 13.1 Å². The van der Waals surface area contributed by atoms with E-state index in [4.69, 9.17) is 11.6 Å². The Morgan fingerprint density at radius 2 is 1.77 bits per heavy atom. The van der Waals surface area contributed by atoms with Crippen molar-refractivity contribution >= 4 is 45.4 Å². The minimum Gasteiger partial charge on any atom is -0.322 e. The molecule has 30 heavy (non-hydrogen) atoms. The van der Waals surface area contributed by atoms with Gasteiger partial charge in [0.2, 0.25) is 0 Å². The molecule has 1 aromatic carbocycles. The summed E-state index contributed by atoms with van der Waals surface area (Å²) in [5, 5.41) is 8.56. The number of carbonyl (C=O) groups is 2. The van der Waals surface area contributed by atoms with Gasteiger partial charge in [0.15, 0.2) is 0 Å². The molecule has 0 aliphatic heterocycles. The van der Waals surface area contributed by atoms with Crippen LogP contribution in [0.2, 0.25) is 4.34 Å². The number of halogens is 5. The minimum absolute atomic E-state index is 0.00137. The molecule has 0 unspecified atom stereocenters. The summed E-state index contributed by atoms with van der Waals surface area (Å²) in [7, 11) is 1.22. The van der Waals surface area contributed by atoms with Gasteiger partial charge in [-0.1, -0.05) is 11.6 Å². The average molecular weight is 461 g/mol. The maximum Gasteiger partial charge on any atom is 0.420 e. The highest BCUT2D eigenvalue weighted by atomic mass is 35.5. The molecule has 0 spiro atoms. The number of thiophene rings is 1. The lowest BCUT2D eigenvalue weighted by Crippen LogP contribution is -2.21. The van der Waals surface area contributed by atoms with Crippen molar-refractivity contribution in [3.8, 4) is 0 Å². The highest BCUT2D eigenvalue weighted by Crippen LogP contribution is 2.36. The molecule has 0 radical (unpaired) electrons. The first kappa shape index (κ1) is 21.8. The van der Waals surface area contributed by atoms with Crippen LogP contribution in [-0.4, -0.2) is 21.6 Å². The predicted octanol–water partition coefficient (Wildman–Crippen LogP) is 5.11. The number of anilines is 2. The molecule has 3 rings (SSSR count). The van der Waals surface area contributed by atoms with Gasteiger partial charge in [-0.15, -0.1) is 11.3 Å². The highest BCUT2D eigenvalue weighted by Gasteiger charge is 2.40. The molecule has 12 heteroatoms. The van der Waals surface area contributed by atoms with Crippen LogP contribution in [0.1, 0.15) is 32.1 Å². The monoisotopic (exact) mass is 460 g/mol. The summed E-state index contributed by atoms with van der Waals surface area (Å²) < 4.78 is 53.7. The number of hydrogen-bond donors (Lipinski definition) is 2. The average Bonchev–Trinajstić information content (AvgIpc) is 3.15. The zero-order valence-corrected chi connectivity index (χ0v) is 17.0. The Bertz CT molecular complexity index is 1120. The van der Waals surface area contributed by atoms with E-state index in [2.05, 4.69) is 15.7 Å². The summed E-state index contributed by atoms with van der Waals surface area (Å²) in [5.74, 6) is -2.15. The van der Waals surface area contributed by atoms with E-state index in [1.807, 2.05) is 0 Å². The van der Waals surface area contributed by atoms with Crippen molar-refractivity contribution in [1.29, 1.82) is 0 Å². The summed E-state index contributed by atoms with van der Waals surface area (Å²) in [5.41, 5.74) is -1.83. The van der Waals surface area contributed by atoms with Gasteiger partial charge in [-0.05, 0) is 37.3 Å². The fourth-order valence-corrected chi connectivity index (χ4v) is 3.91. The van der Waals surface area contributed by atoms with Gasteiger partial charge in [0, 0.05) is 12.7 Å². The van der Waals surface area contributed by atoms with Gasteiger partial charge in [0.05, 0.1) is 16.3 Å². The van der Waals surface area contributed by atoms with E-state index in [1.165, 1.54) is 25.2 Å². The van der Waals surface area contributed by atoms with Crippen molar-refractivity contribution in [3.63, 3.8) is 0 Å². The molecule has 2 amide bonds. The van der Waals surface area contributed by atoms with E-state index in [0.717, 1.165) is 35.1 Å². The number of carbonyl (C=O) groups excluding carboxylic acids is 2. The van der Waals surface area contributed by atoms with Crippen molar-refractivity contribution in [2.75, 3.05) is 10.6 Å². The number of rotatable bonds is 4. The Kier molecular flexibility index (Phi) is 5.86. The molecule has 0 aliphatic carbocycles. The van der Waals surface area contributed by atoms with Crippen LogP contribution in [0.25, 0.3) is 0 Å². The van der Waals surface area contributed by atoms with Gasteiger partial charge >= 0.3 is 6.18 Å². The lowest BCUT2D eigenvalue weighted by Gasteiger charge is -2.09. The van der Waals surface area contributed by atoms with Crippen LogP contribution in [0.5, 0.6) is 0 Å². The molecule has 158 valence electrons. The quantitative estimate of drug-likeness (QED) is 0.531.